The van der Waals surface area contributed by atoms with E-state index >= 15 is 0 Å². The zero-order valence-corrected chi connectivity index (χ0v) is 18.4. The zero-order chi connectivity index (χ0) is 22.1. The summed E-state index contributed by atoms with van der Waals surface area (Å²) in [6, 6.07) is 15.0. The number of hydrogen-bond donors (Lipinski definition) is 2. The summed E-state index contributed by atoms with van der Waals surface area (Å²) >= 11 is 1.68. The number of allylic oxidation sites excluding steroid dienone is 3. The Morgan fingerprint density at radius 2 is 1.88 bits per heavy atom. The summed E-state index contributed by atoms with van der Waals surface area (Å²) in [5.41, 5.74) is 3.45. The van der Waals surface area contributed by atoms with Crippen molar-refractivity contribution < 1.29 is 9.59 Å². The van der Waals surface area contributed by atoms with Crippen molar-refractivity contribution in [3.63, 3.8) is 0 Å². The van der Waals surface area contributed by atoms with E-state index in [1.54, 1.807) is 35.9 Å². The number of aromatic nitrogens is 2. The van der Waals surface area contributed by atoms with E-state index in [-0.39, 0.29) is 17.6 Å². The molecule has 0 spiro atoms. The molecule has 5 rings (SSSR count). The van der Waals surface area contributed by atoms with Gasteiger partial charge in [-0.2, -0.15) is 0 Å². The number of amides is 1. The molecule has 0 saturated heterocycles. The third kappa shape index (κ3) is 3.76. The highest BCUT2D eigenvalue weighted by Gasteiger charge is 2.41. The van der Waals surface area contributed by atoms with Gasteiger partial charge in [-0.1, -0.05) is 18.2 Å². The van der Waals surface area contributed by atoms with Gasteiger partial charge in [-0.3, -0.25) is 14.6 Å². The third-order valence-corrected chi connectivity index (χ3v) is 6.94. The van der Waals surface area contributed by atoms with E-state index < -0.39 is 5.92 Å². The Morgan fingerprint density at radius 3 is 2.56 bits per heavy atom. The topological polar surface area (TPSA) is 84.0 Å². The molecular formula is C25H22N4O2S. The fourth-order valence-electron chi connectivity index (χ4n) is 4.53. The van der Waals surface area contributed by atoms with Crippen molar-refractivity contribution in [2.45, 2.75) is 31.6 Å². The molecule has 0 radical (unpaired) electrons. The van der Waals surface area contributed by atoms with Crippen LogP contribution < -0.4 is 10.6 Å². The second-order valence-electron chi connectivity index (χ2n) is 7.96. The third-order valence-electron chi connectivity index (χ3n) is 5.91. The van der Waals surface area contributed by atoms with Crippen LogP contribution in [0, 0.1) is 0 Å². The monoisotopic (exact) mass is 442 g/mol. The van der Waals surface area contributed by atoms with E-state index in [4.69, 9.17) is 0 Å². The highest BCUT2D eigenvalue weighted by Crippen LogP contribution is 2.45. The van der Waals surface area contributed by atoms with Crippen molar-refractivity contribution >= 4 is 28.8 Å². The first kappa shape index (κ1) is 20.3. The van der Waals surface area contributed by atoms with Crippen LogP contribution >= 0.6 is 11.3 Å². The maximum atomic E-state index is 13.5. The Morgan fingerprint density at radius 1 is 1.06 bits per heavy atom. The van der Waals surface area contributed by atoms with Crippen LogP contribution in [0.5, 0.6) is 0 Å². The predicted molar refractivity (Wildman–Crippen MR) is 124 cm³/mol. The first-order chi connectivity index (χ1) is 15.6. The first-order valence-corrected chi connectivity index (χ1v) is 11.4. The summed E-state index contributed by atoms with van der Waals surface area (Å²) in [6.07, 6.45) is 4.49. The highest BCUT2D eigenvalue weighted by molar-refractivity contribution is 7.10. The average Bonchev–Trinajstić information content (AvgIpc) is 3.34. The molecule has 2 aliphatic rings. The predicted octanol–water partition coefficient (Wildman–Crippen LogP) is 4.54. The Kier molecular flexibility index (Phi) is 5.41. The normalized spacial score (nSPS) is 20.6. The van der Waals surface area contributed by atoms with Crippen molar-refractivity contribution in [3.8, 4) is 0 Å². The number of carbonyl (C=O) groups excluding carboxylic acids is 2. The van der Waals surface area contributed by atoms with E-state index in [2.05, 4.69) is 26.7 Å². The van der Waals surface area contributed by atoms with Crippen LogP contribution in [0.15, 0.2) is 88.8 Å². The number of ketones is 1. The quantitative estimate of drug-likeness (QED) is 0.620. The Labute approximate surface area is 190 Å². The van der Waals surface area contributed by atoms with Crippen LogP contribution in [0.1, 0.15) is 42.2 Å². The number of nitrogens with one attached hydrogen (secondary N) is 2. The average molecular weight is 443 g/mol. The van der Waals surface area contributed by atoms with Crippen LogP contribution in [0.4, 0.5) is 5.82 Å². The minimum atomic E-state index is -0.520. The van der Waals surface area contributed by atoms with Crippen LogP contribution in [0.25, 0.3) is 0 Å². The number of carbonyl (C=O) groups is 2. The molecule has 160 valence electrons. The van der Waals surface area contributed by atoms with Gasteiger partial charge >= 0.3 is 0 Å². The molecule has 2 N–H and O–H groups in total. The lowest BCUT2D eigenvalue weighted by Crippen LogP contribution is -2.37. The minimum Gasteiger partial charge on any atom is -0.362 e. The smallest absolute Gasteiger partial charge is 0.255 e. The molecule has 0 aromatic carbocycles. The van der Waals surface area contributed by atoms with E-state index in [1.165, 1.54) is 4.88 Å². The molecule has 7 heteroatoms. The van der Waals surface area contributed by atoms with E-state index in [0.29, 0.717) is 29.1 Å². The van der Waals surface area contributed by atoms with Crippen LogP contribution in [-0.2, 0) is 9.59 Å². The number of thiophene rings is 1. The summed E-state index contributed by atoms with van der Waals surface area (Å²) in [7, 11) is 0. The minimum absolute atomic E-state index is 0.0587. The Hall–Kier alpha value is -3.58. The lowest BCUT2D eigenvalue weighted by Gasteiger charge is -2.36. The van der Waals surface area contributed by atoms with Gasteiger partial charge in [-0.25, -0.2) is 4.98 Å². The summed E-state index contributed by atoms with van der Waals surface area (Å²) in [4.78, 5) is 36.8. The van der Waals surface area contributed by atoms with Gasteiger partial charge in [-0.15, -0.1) is 11.3 Å². The van der Waals surface area contributed by atoms with Crippen LogP contribution in [0.2, 0.25) is 0 Å². The van der Waals surface area contributed by atoms with Gasteiger partial charge < -0.3 is 10.6 Å². The number of rotatable bonds is 4. The summed E-state index contributed by atoms with van der Waals surface area (Å²) in [6.45, 7) is 1.88. The van der Waals surface area contributed by atoms with Gasteiger partial charge in [-0.05, 0) is 49.1 Å². The molecule has 0 fully saturated rings. The zero-order valence-electron chi connectivity index (χ0n) is 17.5. The number of anilines is 1. The summed E-state index contributed by atoms with van der Waals surface area (Å²) in [5.74, 6) is -0.139. The van der Waals surface area contributed by atoms with E-state index in [1.807, 2.05) is 42.6 Å². The molecule has 0 saturated carbocycles. The lowest BCUT2D eigenvalue weighted by molar-refractivity contribution is -0.116. The van der Waals surface area contributed by atoms with Gasteiger partial charge in [0.15, 0.2) is 5.78 Å². The SMILES string of the molecule is CC1=C(C(=O)Nc2ccccn2)[C@H](c2ccccn2)C2=C(C[C@H](c3cccs3)CC2=O)N1. The number of Topliss-reactive ketones (excluding diaryl/α,β-unsaturated/α-hetero) is 1. The molecule has 1 aliphatic carbocycles. The fraction of sp³-hybridized carbons (Fsp3) is 0.200. The molecule has 3 aromatic heterocycles. The van der Waals surface area contributed by atoms with Crippen LogP contribution in [0.3, 0.4) is 0 Å². The first-order valence-electron chi connectivity index (χ1n) is 10.5. The van der Waals surface area contributed by atoms with Gasteiger partial charge in [0.1, 0.15) is 5.82 Å². The molecule has 3 aromatic rings. The fourth-order valence-corrected chi connectivity index (χ4v) is 5.36. The summed E-state index contributed by atoms with van der Waals surface area (Å²) < 4.78 is 0. The highest BCUT2D eigenvalue weighted by atomic mass is 32.1. The maximum Gasteiger partial charge on any atom is 0.255 e. The van der Waals surface area contributed by atoms with Gasteiger partial charge in [0.25, 0.3) is 5.91 Å². The lowest BCUT2D eigenvalue weighted by atomic mass is 9.73. The maximum absolute atomic E-state index is 13.5. The van der Waals surface area contributed by atoms with Gasteiger partial charge in [0.05, 0.1) is 11.6 Å². The molecule has 32 heavy (non-hydrogen) atoms. The van der Waals surface area contributed by atoms with Crippen molar-refractivity contribution in [2.24, 2.45) is 0 Å². The number of hydrogen-bond acceptors (Lipinski definition) is 6. The van der Waals surface area contributed by atoms with Crippen molar-refractivity contribution in [3.05, 3.63) is 99.4 Å². The molecule has 1 amide bonds. The standard InChI is InChI=1S/C25H22N4O2S/c1-15-22(25(31)29-21-9-3-5-11-27-21)24(17-7-2-4-10-26-17)23-18(28-15)13-16(14-19(23)30)20-8-6-12-32-20/h2-12,16,24,28H,13-14H2,1H3,(H,27,29,31)/t16-,24-/m0/s1. The van der Waals surface area contributed by atoms with E-state index in [0.717, 1.165) is 17.8 Å². The van der Waals surface area contributed by atoms with Gasteiger partial charge in [0.2, 0.25) is 0 Å². The molecule has 6 nitrogen and oxygen atoms in total. The molecule has 2 atom stereocenters. The largest absolute Gasteiger partial charge is 0.362 e. The van der Waals surface area contributed by atoms with Crippen molar-refractivity contribution in [2.75, 3.05) is 5.32 Å². The van der Waals surface area contributed by atoms with Gasteiger partial charge in [0, 0.05) is 52.1 Å². The molecule has 0 unspecified atom stereocenters. The second kappa shape index (κ2) is 8.51. The Bertz CT molecular complexity index is 1220. The van der Waals surface area contributed by atoms with Crippen molar-refractivity contribution in [1.82, 2.24) is 15.3 Å². The molecular weight excluding hydrogens is 420 g/mol. The summed E-state index contributed by atoms with van der Waals surface area (Å²) in [5, 5.41) is 8.31. The number of nitrogens with zero attached hydrogens (tertiary/aromatic N) is 2. The van der Waals surface area contributed by atoms with Crippen molar-refractivity contribution in [1.29, 1.82) is 0 Å². The van der Waals surface area contributed by atoms with Crippen LogP contribution in [-0.4, -0.2) is 21.7 Å². The second-order valence-corrected chi connectivity index (χ2v) is 8.94. The van der Waals surface area contributed by atoms with E-state index in [9.17, 15) is 9.59 Å². The Balaban J connectivity index is 1.56. The molecule has 4 heterocycles. The number of pyridine rings is 2. The molecule has 0 bridgehead atoms. The molecule has 1 aliphatic heterocycles. The number of dihydropyridines is 1.